The number of piperazine rings is 1. The Morgan fingerprint density at radius 1 is 0.688 bits per heavy atom. The van der Waals surface area contributed by atoms with E-state index in [0.29, 0.717) is 38.2 Å². The SMILES string of the molecule is CCCc1ccc(C(=O)CCC(=O)N2CCN(C(=O)CCCc3ccccc3)CC2)cc1. The number of carbonyl (C=O) groups excluding carboxylic acids is 3. The zero-order valence-electron chi connectivity index (χ0n) is 19.1. The van der Waals surface area contributed by atoms with Gasteiger partial charge in [0, 0.05) is 51.0 Å². The average molecular weight is 435 g/mol. The summed E-state index contributed by atoms with van der Waals surface area (Å²) in [6.45, 7) is 4.37. The van der Waals surface area contributed by atoms with Crippen molar-refractivity contribution in [1.82, 2.24) is 9.80 Å². The van der Waals surface area contributed by atoms with Gasteiger partial charge in [0.25, 0.3) is 0 Å². The Kier molecular flexibility index (Phi) is 9.02. The first-order valence-corrected chi connectivity index (χ1v) is 11.8. The van der Waals surface area contributed by atoms with Crippen LogP contribution in [0.2, 0.25) is 0 Å². The summed E-state index contributed by atoms with van der Waals surface area (Å²) in [7, 11) is 0. The highest BCUT2D eigenvalue weighted by atomic mass is 16.2. The van der Waals surface area contributed by atoms with Gasteiger partial charge in [-0.2, -0.15) is 0 Å². The number of rotatable bonds is 10. The monoisotopic (exact) mass is 434 g/mol. The molecule has 1 fully saturated rings. The van der Waals surface area contributed by atoms with E-state index in [1.807, 2.05) is 47.4 Å². The summed E-state index contributed by atoms with van der Waals surface area (Å²) < 4.78 is 0. The van der Waals surface area contributed by atoms with Crippen LogP contribution in [0.3, 0.4) is 0 Å². The van der Waals surface area contributed by atoms with E-state index < -0.39 is 0 Å². The summed E-state index contributed by atoms with van der Waals surface area (Å²) in [5, 5.41) is 0. The largest absolute Gasteiger partial charge is 0.339 e. The zero-order chi connectivity index (χ0) is 22.8. The lowest BCUT2D eigenvalue weighted by Crippen LogP contribution is -2.50. The number of hydrogen-bond donors (Lipinski definition) is 0. The number of nitrogens with zero attached hydrogens (tertiary/aromatic N) is 2. The van der Waals surface area contributed by atoms with Gasteiger partial charge in [-0.05, 0) is 30.4 Å². The van der Waals surface area contributed by atoms with E-state index in [0.717, 1.165) is 25.7 Å². The summed E-state index contributed by atoms with van der Waals surface area (Å²) in [4.78, 5) is 41.1. The molecule has 0 aromatic heterocycles. The summed E-state index contributed by atoms with van der Waals surface area (Å²) in [6.07, 6.45) is 4.81. The number of amides is 2. The van der Waals surface area contributed by atoms with Crippen molar-refractivity contribution in [3.8, 4) is 0 Å². The first kappa shape index (κ1) is 23.7. The van der Waals surface area contributed by atoms with Gasteiger partial charge in [0.05, 0.1) is 0 Å². The van der Waals surface area contributed by atoms with Gasteiger partial charge in [-0.1, -0.05) is 67.9 Å². The van der Waals surface area contributed by atoms with Crippen LogP contribution in [0.1, 0.15) is 60.5 Å². The lowest BCUT2D eigenvalue weighted by atomic mass is 10.0. The van der Waals surface area contributed by atoms with Crippen molar-refractivity contribution >= 4 is 17.6 Å². The molecule has 2 amide bonds. The van der Waals surface area contributed by atoms with Crippen LogP contribution in [0.5, 0.6) is 0 Å². The molecule has 0 saturated carbocycles. The highest BCUT2D eigenvalue weighted by Crippen LogP contribution is 2.13. The molecule has 3 rings (SSSR count). The minimum absolute atomic E-state index is 0.00266. The van der Waals surface area contributed by atoms with Crippen molar-refractivity contribution in [3.63, 3.8) is 0 Å². The Balaban J connectivity index is 1.35. The standard InChI is InChI=1S/C27H34N2O3/c1-2-7-22-12-14-24(15-13-22)25(30)16-17-27(32)29-20-18-28(19-21-29)26(31)11-6-10-23-8-4-3-5-9-23/h3-5,8-9,12-15H,2,6-7,10-11,16-21H2,1H3. The van der Waals surface area contributed by atoms with Gasteiger partial charge < -0.3 is 9.80 Å². The van der Waals surface area contributed by atoms with Crippen LogP contribution in [-0.4, -0.2) is 53.6 Å². The molecule has 0 aliphatic carbocycles. The molecule has 1 heterocycles. The molecular weight excluding hydrogens is 400 g/mol. The number of carbonyl (C=O) groups is 3. The highest BCUT2D eigenvalue weighted by Gasteiger charge is 2.24. The zero-order valence-corrected chi connectivity index (χ0v) is 19.1. The van der Waals surface area contributed by atoms with Crippen LogP contribution in [0.4, 0.5) is 0 Å². The first-order valence-electron chi connectivity index (χ1n) is 11.8. The van der Waals surface area contributed by atoms with Crippen molar-refractivity contribution in [3.05, 3.63) is 71.3 Å². The van der Waals surface area contributed by atoms with E-state index in [1.165, 1.54) is 11.1 Å². The van der Waals surface area contributed by atoms with Crippen molar-refractivity contribution < 1.29 is 14.4 Å². The van der Waals surface area contributed by atoms with E-state index in [1.54, 1.807) is 4.90 Å². The number of hydrogen-bond acceptors (Lipinski definition) is 3. The van der Waals surface area contributed by atoms with Crippen molar-refractivity contribution in [1.29, 1.82) is 0 Å². The summed E-state index contributed by atoms with van der Waals surface area (Å²) >= 11 is 0. The molecule has 0 unspecified atom stereocenters. The average Bonchev–Trinajstić information content (AvgIpc) is 2.83. The van der Waals surface area contributed by atoms with Crippen molar-refractivity contribution in [2.24, 2.45) is 0 Å². The van der Waals surface area contributed by atoms with Crippen LogP contribution in [0.25, 0.3) is 0 Å². The van der Waals surface area contributed by atoms with Crippen LogP contribution in [-0.2, 0) is 22.4 Å². The van der Waals surface area contributed by atoms with Crippen molar-refractivity contribution in [2.45, 2.75) is 51.9 Å². The molecule has 1 aliphatic heterocycles. The smallest absolute Gasteiger partial charge is 0.223 e. The molecule has 170 valence electrons. The fraction of sp³-hybridized carbons (Fsp3) is 0.444. The molecule has 0 bridgehead atoms. The van der Waals surface area contributed by atoms with E-state index in [4.69, 9.17) is 0 Å². The van der Waals surface area contributed by atoms with Crippen molar-refractivity contribution in [2.75, 3.05) is 26.2 Å². The Morgan fingerprint density at radius 2 is 1.25 bits per heavy atom. The van der Waals surface area contributed by atoms with Crippen LogP contribution >= 0.6 is 0 Å². The molecule has 2 aromatic rings. The van der Waals surface area contributed by atoms with E-state index in [-0.39, 0.29) is 30.4 Å². The molecule has 0 spiro atoms. The van der Waals surface area contributed by atoms with Gasteiger partial charge in [0.2, 0.25) is 11.8 Å². The van der Waals surface area contributed by atoms with Crippen LogP contribution in [0.15, 0.2) is 54.6 Å². The lowest BCUT2D eigenvalue weighted by Gasteiger charge is -2.35. The number of aryl methyl sites for hydroxylation is 2. The van der Waals surface area contributed by atoms with Gasteiger partial charge >= 0.3 is 0 Å². The molecule has 32 heavy (non-hydrogen) atoms. The molecule has 0 radical (unpaired) electrons. The molecule has 0 N–H and O–H groups in total. The van der Waals surface area contributed by atoms with Gasteiger partial charge in [0.1, 0.15) is 0 Å². The molecular formula is C27H34N2O3. The Morgan fingerprint density at radius 3 is 1.84 bits per heavy atom. The Labute approximate surface area is 191 Å². The maximum absolute atomic E-state index is 12.5. The van der Waals surface area contributed by atoms with Crippen LogP contribution < -0.4 is 0 Å². The minimum atomic E-state index is -0.00266. The van der Waals surface area contributed by atoms with E-state index in [9.17, 15) is 14.4 Å². The Hall–Kier alpha value is -2.95. The van der Waals surface area contributed by atoms with E-state index in [2.05, 4.69) is 19.1 Å². The fourth-order valence-electron chi connectivity index (χ4n) is 4.12. The number of ketones is 1. The third-order valence-corrected chi connectivity index (χ3v) is 6.06. The Bertz CT molecular complexity index is 885. The highest BCUT2D eigenvalue weighted by molar-refractivity contribution is 5.98. The van der Waals surface area contributed by atoms with Crippen LogP contribution in [0, 0.1) is 0 Å². The number of Topliss-reactive ketones (excluding diaryl/α,β-unsaturated/α-hetero) is 1. The first-order chi connectivity index (χ1) is 15.6. The molecule has 1 aliphatic rings. The second-order valence-electron chi connectivity index (χ2n) is 8.47. The third kappa shape index (κ3) is 7.04. The summed E-state index contributed by atoms with van der Waals surface area (Å²) in [5.41, 5.74) is 3.15. The van der Waals surface area contributed by atoms with Gasteiger partial charge in [-0.25, -0.2) is 0 Å². The summed E-state index contributed by atoms with van der Waals surface area (Å²) in [6, 6.07) is 17.9. The fourth-order valence-corrected chi connectivity index (χ4v) is 4.12. The second-order valence-corrected chi connectivity index (χ2v) is 8.47. The minimum Gasteiger partial charge on any atom is -0.339 e. The van der Waals surface area contributed by atoms with E-state index >= 15 is 0 Å². The predicted molar refractivity (Wildman–Crippen MR) is 127 cm³/mol. The second kappa shape index (κ2) is 12.2. The maximum atomic E-state index is 12.5. The quantitative estimate of drug-likeness (QED) is 0.524. The topological polar surface area (TPSA) is 57.7 Å². The maximum Gasteiger partial charge on any atom is 0.223 e. The number of benzene rings is 2. The van der Waals surface area contributed by atoms with Gasteiger partial charge in [-0.3, -0.25) is 14.4 Å². The predicted octanol–water partition coefficient (Wildman–Crippen LogP) is 4.30. The van der Waals surface area contributed by atoms with Gasteiger partial charge in [-0.15, -0.1) is 0 Å². The summed E-state index contributed by atoms with van der Waals surface area (Å²) in [5.74, 6) is 0.167. The molecule has 5 heteroatoms. The molecule has 1 saturated heterocycles. The lowest BCUT2D eigenvalue weighted by molar-refractivity contribution is -0.139. The molecule has 2 aromatic carbocycles. The molecule has 0 atom stereocenters. The third-order valence-electron chi connectivity index (χ3n) is 6.06. The van der Waals surface area contributed by atoms with Gasteiger partial charge in [0.15, 0.2) is 5.78 Å². The normalized spacial score (nSPS) is 13.8. The molecule has 5 nitrogen and oxygen atoms in total.